The predicted molar refractivity (Wildman–Crippen MR) is 79.5 cm³/mol. The van der Waals surface area contributed by atoms with E-state index in [1.54, 1.807) is 31.2 Å². The molecule has 0 saturated carbocycles. The summed E-state index contributed by atoms with van der Waals surface area (Å²) in [6.07, 6.45) is 6.58. The van der Waals surface area contributed by atoms with Crippen LogP contribution in [0.3, 0.4) is 0 Å². The normalized spacial score (nSPS) is 10.4. The maximum atomic E-state index is 11.0. The Hall–Kier alpha value is -2.07. The molecule has 0 spiro atoms. The van der Waals surface area contributed by atoms with E-state index in [-0.39, 0.29) is 24.2 Å². The highest BCUT2D eigenvalue weighted by atomic mass is 35.5. The van der Waals surface area contributed by atoms with E-state index < -0.39 is 0 Å². The monoisotopic (exact) mass is 280 g/mol. The Morgan fingerprint density at radius 3 is 2.47 bits per heavy atom. The molecule has 0 aliphatic rings. The molecule has 19 heavy (non-hydrogen) atoms. The Morgan fingerprint density at radius 1 is 1.32 bits per heavy atom. The van der Waals surface area contributed by atoms with Crippen LogP contribution in [0.5, 0.6) is 0 Å². The molecular weight excluding hydrogens is 264 g/mol. The maximum absolute atomic E-state index is 11.0. The zero-order valence-electron chi connectivity index (χ0n) is 10.6. The fraction of sp³-hybridized carbons (Fsp3) is 0.143. The molecule has 0 heterocycles. The fourth-order valence-electron chi connectivity index (χ4n) is 1.26. The molecule has 1 aromatic carbocycles. The smallest absolute Gasteiger partial charge is 0.330 e. The Balaban J connectivity index is 0.00000324. The van der Waals surface area contributed by atoms with Crippen molar-refractivity contribution >= 4 is 30.3 Å². The Morgan fingerprint density at radius 2 is 1.95 bits per heavy atom. The van der Waals surface area contributed by atoms with Crippen molar-refractivity contribution in [2.24, 2.45) is 5.73 Å². The van der Waals surface area contributed by atoms with E-state index in [0.717, 1.165) is 5.56 Å². The van der Waals surface area contributed by atoms with Gasteiger partial charge in [-0.3, -0.25) is 5.41 Å². The van der Waals surface area contributed by atoms with Crippen LogP contribution < -0.4 is 5.73 Å². The summed E-state index contributed by atoms with van der Waals surface area (Å²) in [4.78, 5) is 11.0. The van der Waals surface area contributed by atoms with Crippen LogP contribution in [-0.4, -0.2) is 18.4 Å². The minimum atomic E-state index is -0.353. The number of esters is 1. The van der Waals surface area contributed by atoms with Gasteiger partial charge in [-0.25, -0.2) is 4.79 Å². The Labute approximate surface area is 118 Å². The average Bonchev–Trinajstić information content (AvgIpc) is 2.35. The molecule has 0 amide bonds. The van der Waals surface area contributed by atoms with Crippen LogP contribution in [0.4, 0.5) is 0 Å². The molecule has 0 aromatic heterocycles. The second kappa shape index (κ2) is 8.94. The molecular formula is C14H17ClN2O2. The van der Waals surface area contributed by atoms with Gasteiger partial charge in [-0.2, -0.15) is 0 Å². The molecule has 0 radical (unpaired) electrons. The summed E-state index contributed by atoms with van der Waals surface area (Å²) < 4.78 is 4.74. The zero-order valence-corrected chi connectivity index (χ0v) is 11.4. The van der Waals surface area contributed by atoms with Crippen molar-refractivity contribution in [3.63, 3.8) is 0 Å². The number of hydrogen-bond donors (Lipinski definition) is 2. The van der Waals surface area contributed by atoms with Gasteiger partial charge in [0.25, 0.3) is 0 Å². The van der Waals surface area contributed by atoms with Gasteiger partial charge in [0.15, 0.2) is 0 Å². The lowest BCUT2D eigenvalue weighted by molar-refractivity contribution is -0.137. The van der Waals surface area contributed by atoms with Gasteiger partial charge in [0.1, 0.15) is 5.84 Å². The first-order valence-electron chi connectivity index (χ1n) is 5.59. The van der Waals surface area contributed by atoms with Gasteiger partial charge in [0.05, 0.1) is 6.61 Å². The van der Waals surface area contributed by atoms with E-state index >= 15 is 0 Å². The maximum Gasteiger partial charge on any atom is 0.330 e. The number of nitrogens with two attached hydrogens (primary N) is 1. The van der Waals surface area contributed by atoms with Crippen LogP contribution >= 0.6 is 12.4 Å². The van der Waals surface area contributed by atoms with E-state index in [2.05, 4.69) is 0 Å². The number of carbonyl (C=O) groups excluding carboxylic acids is 1. The summed E-state index contributed by atoms with van der Waals surface area (Å²) in [6, 6.07) is 7.25. The number of hydrogen-bond acceptors (Lipinski definition) is 3. The summed E-state index contributed by atoms with van der Waals surface area (Å²) in [5.41, 5.74) is 7.01. The topological polar surface area (TPSA) is 76.2 Å². The average molecular weight is 281 g/mol. The number of ether oxygens (including phenoxy) is 1. The largest absolute Gasteiger partial charge is 0.463 e. The Kier molecular flexibility index (Phi) is 7.97. The molecule has 0 atom stereocenters. The highest BCUT2D eigenvalue weighted by Crippen LogP contribution is 2.05. The molecule has 102 valence electrons. The molecule has 0 fully saturated rings. The molecule has 4 nitrogen and oxygen atoms in total. The third-order valence-corrected chi connectivity index (χ3v) is 2.14. The van der Waals surface area contributed by atoms with Gasteiger partial charge in [-0.15, -0.1) is 12.4 Å². The van der Waals surface area contributed by atoms with E-state index in [4.69, 9.17) is 15.9 Å². The number of nitrogen functional groups attached to an aromatic ring is 1. The van der Waals surface area contributed by atoms with E-state index in [1.807, 2.05) is 18.2 Å². The lowest BCUT2D eigenvalue weighted by Gasteiger charge is -1.98. The van der Waals surface area contributed by atoms with Gasteiger partial charge in [-0.1, -0.05) is 42.5 Å². The van der Waals surface area contributed by atoms with Crippen molar-refractivity contribution in [1.29, 1.82) is 5.41 Å². The van der Waals surface area contributed by atoms with E-state index in [9.17, 15) is 4.79 Å². The summed E-state index contributed by atoms with van der Waals surface area (Å²) in [5, 5.41) is 7.26. The summed E-state index contributed by atoms with van der Waals surface area (Å²) in [6.45, 7) is 2.14. The van der Waals surface area contributed by atoms with Crippen LogP contribution in [0.25, 0.3) is 6.08 Å². The first-order chi connectivity index (χ1) is 8.63. The van der Waals surface area contributed by atoms with Crippen LogP contribution in [0.1, 0.15) is 18.1 Å². The van der Waals surface area contributed by atoms with Gasteiger partial charge in [-0.05, 0) is 12.5 Å². The van der Waals surface area contributed by atoms with Crippen LogP contribution in [0.2, 0.25) is 0 Å². The highest BCUT2D eigenvalue weighted by Gasteiger charge is 1.94. The number of nitrogens with one attached hydrogen (secondary N) is 1. The number of halogens is 1. The molecule has 0 bridgehead atoms. The summed E-state index contributed by atoms with van der Waals surface area (Å²) in [7, 11) is 0. The van der Waals surface area contributed by atoms with Gasteiger partial charge in [0, 0.05) is 11.6 Å². The van der Waals surface area contributed by atoms with Gasteiger partial charge >= 0.3 is 5.97 Å². The van der Waals surface area contributed by atoms with Crippen LogP contribution in [0, 0.1) is 5.41 Å². The molecule has 0 unspecified atom stereocenters. The molecule has 5 heteroatoms. The second-order valence-electron chi connectivity index (χ2n) is 3.51. The lowest BCUT2D eigenvalue weighted by atomic mass is 10.1. The summed E-state index contributed by atoms with van der Waals surface area (Å²) >= 11 is 0. The summed E-state index contributed by atoms with van der Waals surface area (Å²) in [5.74, 6) is -0.304. The van der Waals surface area contributed by atoms with Gasteiger partial charge < -0.3 is 10.5 Å². The molecule has 3 N–H and O–H groups in total. The minimum Gasteiger partial charge on any atom is -0.463 e. The van der Waals surface area contributed by atoms with Crippen molar-refractivity contribution in [3.8, 4) is 0 Å². The minimum absolute atomic E-state index is 0. The number of allylic oxidation sites excluding steroid dienone is 2. The quantitative estimate of drug-likeness (QED) is 0.286. The Bertz CT molecular complexity index is 479. The fourth-order valence-corrected chi connectivity index (χ4v) is 1.26. The SMILES string of the molecule is CCOC(=O)C=CC=Cc1ccc(C(=N)N)cc1.Cl. The first kappa shape index (κ1) is 16.9. The second-order valence-corrected chi connectivity index (χ2v) is 3.51. The van der Waals surface area contributed by atoms with E-state index in [0.29, 0.717) is 12.2 Å². The molecule has 0 aliphatic carbocycles. The van der Waals surface area contributed by atoms with Crippen molar-refractivity contribution in [2.45, 2.75) is 6.92 Å². The van der Waals surface area contributed by atoms with E-state index in [1.165, 1.54) is 6.08 Å². The molecule has 1 rings (SSSR count). The molecule has 1 aromatic rings. The first-order valence-corrected chi connectivity index (χ1v) is 5.59. The molecule has 0 aliphatic heterocycles. The predicted octanol–water partition coefficient (Wildman–Crippen LogP) is 2.52. The van der Waals surface area contributed by atoms with Crippen molar-refractivity contribution < 1.29 is 9.53 Å². The van der Waals surface area contributed by atoms with Crippen molar-refractivity contribution in [2.75, 3.05) is 6.61 Å². The third-order valence-electron chi connectivity index (χ3n) is 2.14. The number of amidine groups is 1. The van der Waals surface area contributed by atoms with Crippen LogP contribution in [0.15, 0.2) is 42.5 Å². The zero-order chi connectivity index (χ0) is 13.4. The molecule has 0 saturated heterocycles. The van der Waals surface area contributed by atoms with Crippen LogP contribution in [-0.2, 0) is 9.53 Å². The van der Waals surface area contributed by atoms with Gasteiger partial charge in [0.2, 0.25) is 0 Å². The van der Waals surface area contributed by atoms with Crippen molar-refractivity contribution in [3.05, 3.63) is 53.6 Å². The standard InChI is InChI=1S/C14H16N2O2.ClH/c1-2-18-13(17)6-4-3-5-11-7-9-12(10-8-11)14(15)16;/h3-10H,2H2,1H3,(H3,15,16);1H. The number of benzene rings is 1. The number of carbonyl (C=O) groups is 1. The lowest BCUT2D eigenvalue weighted by Crippen LogP contribution is -2.10. The third kappa shape index (κ3) is 6.43. The highest BCUT2D eigenvalue weighted by molar-refractivity contribution is 5.95. The number of rotatable bonds is 5. The van der Waals surface area contributed by atoms with Crippen molar-refractivity contribution in [1.82, 2.24) is 0 Å².